The zero-order chi connectivity index (χ0) is 12.2. The van der Waals surface area contributed by atoms with Crippen LogP contribution in [0.4, 0.5) is 13.2 Å². The summed E-state index contributed by atoms with van der Waals surface area (Å²) in [5.74, 6) is 0.296. The standard InChI is InChI=1S/C10H12F3NO2/c1-15-9-4-7(5-14)2-3-8(9)16-6-10(11,12)13/h2-4H,5-6,14H2,1H3. The van der Waals surface area contributed by atoms with Gasteiger partial charge in [0, 0.05) is 6.54 Å². The van der Waals surface area contributed by atoms with Crippen LogP contribution in [0, 0.1) is 0 Å². The maximum atomic E-state index is 11.9. The lowest BCUT2D eigenvalue weighted by Crippen LogP contribution is -2.19. The summed E-state index contributed by atoms with van der Waals surface area (Å²) in [6.07, 6.45) is -4.36. The average Bonchev–Trinajstić information content (AvgIpc) is 2.25. The molecule has 0 fully saturated rings. The van der Waals surface area contributed by atoms with Crippen molar-refractivity contribution in [1.82, 2.24) is 0 Å². The van der Waals surface area contributed by atoms with Gasteiger partial charge in [0.25, 0.3) is 0 Å². The van der Waals surface area contributed by atoms with Crippen LogP contribution in [0.5, 0.6) is 11.5 Å². The highest BCUT2D eigenvalue weighted by Gasteiger charge is 2.28. The van der Waals surface area contributed by atoms with Crippen LogP contribution < -0.4 is 15.2 Å². The molecule has 0 saturated carbocycles. The summed E-state index contributed by atoms with van der Waals surface area (Å²) < 4.78 is 45.3. The molecule has 2 N–H and O–H groups in total. The molecule has 0 amide bonds. The fourth-order valence-electron chi connectivity index (χ4n) is 1.12. The molecular formula is C10H12F3NO2. The Morgan fingerprint density at radius 3 is 2.44 bits per heavy atom. The third kappa shape index (κ3) is 3.62. The first-order valence-corrected chi connectivity index (χ1v) is 4.53. The number of hydrogen-bond donors (Lipinski definition) is 1. The van der Waals surface area contributed by atoms with Crippen LogP contribution >= 0.6 is 0 Å². The summed E-state index contributed by atoms with van der Waals surface area (Å²) in [7, 11) is 1.36. The molecule has 3 nitrogen and oxygen atoms in total. The van der Waals surface area contributed by atoms with Crippen LogP contribution in [-0.2, 0) is 6.54 Å². The van der Waals surface area contributed by atoms with E-state index in [1.165, 1.54) is 13.2 Å². The molecule has 16 heavy (non-hydrogen) atoms. The zero-order valence-electron chi connectivity index (χ0n) is 8.67. The van der Waals surface area contributed by atoms with Crippen molar-refractivity contribution < 1.29 is 22.6 Å². The molecule has 90 valence electrons. The first kappa shape index (κ1) is 12.6. The van der Waals surface area contributed by atoms with E-state index in [2.05, 4.69) is 4.74 Å². The van der Waals surface area contributed by atoms with Crippen LogP contribution in [0.1, 0.15) is 5.56 Å². The molecule has 0 aliphatic carbocycles. The van der Waals surface area contributed by atoms with E-state index < -0.39 is 12.8 Å². The van der Waals surface area contributed by atoms with Gasteiger partial charge in [-0.1, -0.05) is 6.07 Å². The van der Waals surface area contributed by atoms with Crippen molar-refractivity contribution in [3.05, 3.63) is 23.8 Å². The third-order valence-corrected chi connectivity index (χ3v) is 1.86. The second-order valence-corrected chi connectivity index (χ2v) is 3.09. The number of benzene rings is 1. The highest BCUT2D eigenvalue weighted by atomic mass is 19.4. The molecule has 0 aliphatic rings. The largest absolute Gasteiger partial charge is 0.493 e. The van der Waals surface area contributed by atoms with Gasteiger partial charge in [-0.2, -0.15) is 13.2 Å². The molecule has 0 spiro atoms. The lowest BCUT2D eigenvalue weighted by molar-refractivity contribution is -0.153. The number of hydrogen-bond acceptors (Lipinski definition) is 3. The van der Waals surface area contributed by atoms with Gasteiger partial charge >= 0.3 is 6.18 Å². The molecule has 0 bridgehead atoms. The summed E-state index contributed by atoms with van der Waals surface area (Å²) >= 11 is 0. The van der Waals surface area contributed by atoms with Gasteiger partial charge in [-0.3, -0.25) is 0 Å². The van der Waals surface area contributed by atoms with Crippen LogP contribution in [-0.4, -0.2) is 19.9 Å². The quantitative estimate of drug-likeness (QED) is 0.869. The second-order valence-electron chi connectivity index (χ2n) is 3.09. The number of ether oxygens (including phenoxy) is 2. The van der Waals surface area contributed by atoms with Crippen molar-refractivity contribution in [3.63, 3.8) is 0 Å². The van der Waals surface area contributed by atoms with E-state index in [1.807, 2.05) is 0 Å². The third-order valence-electron chi connectivity index (χ3n) is 1.86. The van der Waals surface area contributed by atoms with Gasteiger partial charge in [0.15, 0.2) is 18.1 Å². The normalized spacial score (nSPS) is 11.3. The minimum absolute atomic E-state index is 0.0528. The highest BCUT2D eigenvalue weighted by Crippen LogP contribution is 2.29. The van der Waals surface area contributed by atoms with Crippen molar-refractivity contribution in [2.75, 3.05) is 13.7 Å². The van der Waals surface area contributed by atoms with Crippen LogP contribution in [0.25, 0.3) is 0 Å². The molecule has 0 unspecified atom stereocenters. The van der Waals surface area contributed by atoms with E-state index in [0.29, 0.717) is 0 Å². The number of alkyl halides is 3. The Balaban J connectivity index is 2.79. The first-order chi connectivity index (χ1) is 7.46. The predicted octanol–water partition coefficient (Wildman–Crippen LogP) is 2.09. The molecular weight excluding hydrogens is 223 g/mol. The minimum atomic E-state index is -4.36. The molecule has 0 aliphatic heterocycles. The Labute approximate surface area is 91.0 Å². The molecule has 0 saturated heterocycles. The number of methoxy groups -OCH3 is 1. The summed E-state index contributed by atoms with van der Waals surface area (Å²) in [4.78, 5) is 0. The zero-order valence-corrected chi connectivity index (χ0v) is 8.67. The molecule has 1 aromatic rings. The molecule has 0 heterocycles. The van der Waals surface area contributed by atoms with Crippen LogP contribution in [0.15, 0.2) is 18.2 Å². The van der Waals surface area contributed by atoms with E-state index in [0.717, 1.165) is 5.56 Å². The van der Waals surface area contributed by atoms with Gasteiger partial charge in [0.1, 0.15) is 0 Å². The molecule has 0 aromatic heterocycles. The van der Waals surface area contributed by atoms with Crippen molar-refractivity contribution in [2.24, 2.45) is 5.73 Å². The Hall–Kier alpha value is -1.43. The lowest BCUT2D eigenvalue weighted by atomic mass is 10.2. The van der Waals surface area contributed by atoms with E-state index in [9.17, 15) is 13.2 Å². The predicted molar refractivity (Wildman–Crippen MR) is 52.4 cm³/mol. The number of halogens is 3. The molecule has 6 heteroatoms. The Morgan fingerprint density at radius 1 is 1.25 bits per heavy atom. The van der Waals surface area contributed by atoms with Crippen LogP contribution in [0.2, 0.25) is 0 Å². The van der Waals surface area contributed by atoms with E-state index in [-0.39, 0.29) is 18.0 Å². The fraction of sp³-hybridized carbons (Fsp3) is 0.400. The van der Waals surface area contributed by atoms with E-state index in [4.69, 9.17) is 10.5 Å². The fourth-order valence-corrected chi connectivity index (χ4v) is 1.12. The first-order valence-electron chi connectivity index (χ1n) is 4.53. The molecule has 1 aromatic carbocycles. The van der Waals surface area contributed by atoms with Gasteiger partial charge in [0.05, 0.1) is 7.11 Å². The van der Waals surface area contributed by atoms with E-state index in [1.54, 1.807) is 12.1 Å². The summed E-state index contributed by atoms with van der Waals surface area (Å²) in [5.41, 5.74) is 6.15. The Morgan fingerprint density at radius 2 is 1.94 bits per heavy atom. The van der Waals surface area contributed by atoms with Crippen molar-refractivity contribution >= 4 is 0 Å². The van der Waals surface area contributed by atoms with Gasteiger partial charge < -0.3 is 15.2 Å². The van der Waals surface area contributed by atoms with Crippen molar-refractivity contribution in [1.29, 1.82) is 0 Å². The van der Waals surface area contributed by atoms with Gasteiger partial charge in [-0.25, -0.2) is 0 Å². The van der Waals surface area contributed by atoms with Crippen molar-refractivity contribution in [3.8, 4) is 11.5 Å². The lowest BCUT2D eigenvalue weighted by Gasteiger charge is -2.13. The highest BCUT2D eigenvalue weighted by molar-refractivity contribution is 5.42. The van der Waals surface area contributed by atoms with Gasteiger partial charge in [-0.05, 0) is 17.7 Å². The average molecular weight is 235 g/mol. The van der Waals surface area contributed by atoms with Crippen LogP contribution in [0.3, 0.4) is 0 Å². The maximum Gasteiger partial charge on any atom is 0.422 e. The maximum absolute atomic E-state index is 11.9. The summed E-state index contributed by atoms with van der Waals surface area (Å²) in [6, 6.07) is 4.55. The Kier molecular flexibility index (Phi) is 4.00. The summed E-state index contributed by atoms with van der Waals surface area (Å²) in [6.45, 7) is -1.05. The molecule has 0 atom stereocenters. The topological polar surface area (TPSA) is 44.5 Å². The van der Waals surface area contributed by atoms with Gasteiger partial charge in [-0.15, -0.1) is 0 Å². The number of nitrogens with two attached hydrogens (primary N) is 1. The Bertz CT molecular complexity index is 352. The second kappa shape index (κ2) is 5.07. The molecule has 1 rings (SSSR count). The molecule has 0 radical (unpaired) electrons. The smallest absolute Gasteiger partial charge is 0.422 e. The van der Waals surface area contributed by atoms with E-state index >= 15 is 0 Å². The summed E-state index contributed by atoms with van der Waals surface area (Å²) in [5, 5.41) is 0. The number of rotatable bonds is 4. The monoisotopic (exact) mass is 235 g/mol. The minimum Gasteiger partial charge on any atom is -0.493 e. The SMILES string of the molecule is COc1cc(CN)ccc1OCC(F)(F)F. The van der Waals surface area contributed by atoms with Crippen molar-refractivity contribution in [2.45, 2.75) is 12.7 Å². The van der Waals surface area contributed by atoms with Gasteiger partial charge in [0.2, 0.25) is 0 Å².